The van der Waals surface area contributed by atoms with Crippen molar-refractivity contribution >= 4 is 35.7 Å². The fourth-order valence-corrected chi connectivity index (χ4v) is 3.20. The highest BCUT2D eigenvalue weighted by Gasteiger charge is 2.22. The lowest BCUT2D eigenvalue weighted by Gasteiger charge is -2.22. The number of aromatic nitrogens is 1. The number of guanidine groups is 1. The maximum Gasteiger partial charge on any atom is 0.426 e. The lowest BCUT2D eigenvalue weighted by molar-refractivity contribution is -0.798. The molecule has 0 radical (unpaired) electrons. The fourth-order valence-electron chi connectivity index (χ4n) is 3.07. The van der Waals surface area contributed by atoms with Gasteiger partial charge in [0, 0.05) is 23.7 Å². The molecule has 13 heteroatoms. The predicted octanol–water partition coefficient (Wildman–Crippen LogP) is -0.397. The predicted molar refractivity (Wildman–Crippen MR) is 126 cm³/mol. The highest BCUT2D eigenvalue weighted by Crippen LogP contribution is 2.17. The van der Waals surface area contributed by atoms with Crippen LogP contribution in [-0.4, -0.2) is 43.3 Å². The quantitative estimate of drug-likeness (QED) is 0.0585. The van der Waals surface area contributed by atoms with Crippen LogP contribution in [0.4, 0.5) is 5.69 Å². The van der Waals surface area contributed by atoms with Crippen molar-refractivity contribution in [2.75, 3.05) is 24.7 Å². The van der Waals surface area contributed by atoms with Crippen LogP contribution in [0.1, 0.15) is 32.1 Å². The van der Waals surface area contributed by atoms with E-state index in [-0.39, 0.29) is 24.8 Å². The Kier molecular flexibility index (Phi) is 14.3. The molecule has 0 saturated heterocycles. The standard InChI is InChI=1S/C23H26ClN5O6.ClH/c24-18-5-7-20(8-6-18)33-14-4-2-1-3-11-29(22(26)27-16-25)19-9-12-28(13-10-19)23(35-17-30)34-15-21(31)32;/h5-10,12-13,17,23H,1-4,11,14-15H2,(H2-,26,27,31,32);1H. The molecule has 1 unspecified atom stereocenters. The van der Waals surface area contributed by atoms with E-state index in [0.29, 0.717) is 23.9 Å². The Morgan fingerprint density at radius 3 is 2.47 bits per heavy atom. The van der Waals surface area contributed by atoms with E-state index < -0.39 is 19.0 Å². The van der Waals surface area contributed by atoms with E-state index in [1.807, 2.05) is 12.1 Å². The van der Waals surface area contributed by atoms with Crippen molar-refractivity contribution < 1.29 is 45.9 Å². The molecule has 1 aromatic heterocycles. The van der Waals surface area contributed by atoms with Crippen LogP contribution in [-0.2, 0) is 19.1 Å². The summed E-state index contributed by atoms with van der Waals surface area (Å²) < 4.78 is 16.9. The third-order valence-corrected chi connectivity index (χ3v) is 4.96. The Hall–Kier alpha value is -3.59. The van der Waals surface area contributed by atoms with Crippen molar-refractivity contribution in [3.8, 4) is 11.9 Å². The van der Waals surface area contributed by atoms with E-state index in [1.165, 1.54) is 17.0 Å². The molecule has 1 atom stereocenters. The first-order valence-corrected chi connectivity index (χ1v) is 11.1. The molecule has 11 nitrogen and oxygen atoms in total. The number of hydrogen-bond donors (Lipinski definition) is 2. The third-order valence-electron chi connectivity index (χ3n) is 4.71. The zero-order chi connectivity index (χ0) is 25.5. The van der Waals surface area contributed by atoms with E-state index >= 15 is 0 Å². The molecule has 36 heavy (non-hydrogen) atoms. The second-order valence-corrected chi connectivity index (χ2v) is 7.62. The third kappa shape index (κ3) is 10.8. The van der Waals surface area contributed by atoms with Gasteiger partial charge in [0.2, 0.25) is 12.2 Å². The van der Waals surface area contributed by atoms with Crippen LogP contribution in [0.2, 0.25) is 5.02 Å². The highest BCUT2D eigenvalue weighted by atomic mass is 35.5. The summed E-state index contributed by atoms with van der Waals surface area (Å²) in [6, 6.07) is 10.5. The number of aliphatic carboxylic acids is 1. The number of hydrogen-bond acceptors (Lipinski definition) is 7. The molecule has 0 fully saturated rings. The monoisotopic (exact) mass is 539 g/mol. The van der Waals surface area contributed by atoms with Crippen molar-refractivity contribution in [3.05, 3.63) is 53.8 Å². The average Bonchev–Trinajstić information content (AvgIpc) is 2.85. The van der Waals surface area contributed by atoms with Gasteiger partial charge in [-0.2, -0.15) is 5.26 Å². The van der Waals surface area contributed by atoms with Crippen molar-refractivity contribution in [2.45, 2.75) is 32.1 Å². The number of rotatable bonds is 15. The number of ether oxygens (including phenoxy) is 3. The van der Waals surface area contributed by atoms with Crippen molar-refractivity contribution in [1.82, 2.24) is 0 Å². The normalized spacial score (nSPS) is 11.5. The SMILES string of the molecule is N#CN=C(N)N(CCCCCCOc1ccc(Cl)cc1)c1cc[n+](C(OC=O)OCC(=O)O)cc1.[Cl-]. The van der Waals surface area contributed by atoms with E-state index in [4.69, 9.17) is 41.9 Å². The largest absolute Gasteiger partial charge is 1.00 e. The van der Waals surface area contributed by atoms with Crippen LogP contribution in [0.25, 0.3) is 0 Å². The van der Waals surface area contributed by atoms with Crippen LogP contribution in [0, 0.1) is 11.5 Å². The Morgan fingerprint density at radius 2 is 1.86 bits per heavy atom. The Morgan fingerprint density at radius 1 is 1.19 bits per heavy atom. The minimum absolute atomic E-state index is 0. The lowest BCUT2D eigenvalue weighted by atomic mass is 10.2. The summed E-state index contributed by atoms with van der Waals surface area (Å²) in [6.45, 7) is 0.628. The molecule has 1 heterocycles. The molecule has 194 valence electrons. The van der Waals surface area contributed by atoms with Gasteiger partial charge in [-0.1, -0.05) is 24.4 Å². The fraction of sp³-hybridized carbons (Fsp3) is 0.348. The molecule has 3 N–H and O–H groups in total. The number of carboxylic acid groups (broad SMARTS) is 1. The van der Waals surface area contributed by atoms with E-state index in [2.05, 4.69) is 4.99 Å². The van der Waals surface area contributed by atoms with Crippen molar-refractivity contribution in [1.29, 1.82) is 5.26 Å². The number of anilines is 1. The summed E-state index contributed by atoms with van der Waals surface area (Å²) in [6.07, 6.45) is 7.03. The Bertz CT molecular complexity index is 1020. The van der Waals surface area contributed by atoms with Gasteiger partial charge in [0.25, 0.3) is 6.47 Å². The van der Waals surface area contributed by atoms with Gasteiger partial charge in [-0.3, -0.25) is 9.53 Å². The molecule has 0 aliphatic rings. The van der Waals surface area contributed by atoms with Gasteiger partial charge in [-0.15, -0.1) is 9.56 Å². The molecule has 2 rings (SSSR count). The number of carbonyl (C=O) groups is 2. The van der Waals surface area contributed by atoms with E-state index in [1.54, 1.807) is 35.4 Å². The van der Waals surface area contributed by atoms with Crippen molar-refractivity contribution in [2.24, 2.45) is 10.7 Å². The van der Waals surface area contributed by atoms with Crippen LogP contribution in [0.3, 0.4) is 0 Å². The second-order valence-electron chi connectivity index (χ2n) is 7.19. The molecule has 0 saturated carbocycles. The molecule has 2 aromatic rings. The molecule has 0 aliphatic heterocycles. The van der Waals surface area contributed by atoms with Gasteiger partial charge in [0.15, 0.2) is 19.0 Å². The first-order chi connectivity index (χ1) is 16.9. The first-order valence-electron chi connectivity index (χ1n) is 10.8. The molecular formula is C23H27Cl2N5O6. The molecule has 0 aliphatic carbocycles. The van der Waals surface area contributed by atoms with E-state index in [9.17, 15) is 9.59 Å². The molecule has 0 spiro atoms. The van der Waals surface area contributed by atoms with Crippen LogP contribution >= 0.6 is 11.6 Å². The molecule has 1 aromatic carbocycles. The van der Waals surface area contributed by atoms with Crippen LogP contribution in [0.15, 0.2) is 53.8 Å². The van der Waals surface area contributed by atoms with Gasteiger partial charge >= 0.3 is 12.4 Å². The van der Waals surface area contributed by atoms with Gasteiger partial charge in [0.1, 0.15) is 5.75 Å². The minimum atomic E-state index is -1.24. The summed E-state index contributed by atoms with van der Waals surface area (Å²) in [5, 5.41) is 18.3. The van der Waals surface area contributed by atoms with Crippen LogP contribution < -0.4 is 32.3 Å². The van der Waals surface area contributed by atoms with Crippen molar-refractivity contribution in [3.63, 3.8) is 0 Å². The zero-order valence-electron chi connectivity index (χ0n) is 19.3. The average molecular weight is 540 g/mol. The molecule has 0 amide bonds. The number of pyridine rings is 1. The summed E-state index contributed by atoms with van der Waals surface area (Å²) >= 11 is 5.86. The Balaban J connectivity index is 0.00000648. The first kappa shape index (κ1) is 30.4. The summed E-state index contributed by atoms with van der Waals surface area (Å²) in [5.41, 5.74) is 6.63. The number of nitrogens with two attached hydrogens (primary N) is 1. The lowest BCUT2D eigenvalue weighted by Crippen LogP contribution is -3.00. The topological polar surface area (TPSA) is 151 Å². The summed E-state index contributed by atoms with van der Waals surface area (Å²) in [7, 11) is 0. The van der Waals surface area contributed by atoms with Gasteiger partial charge in [-0.05, 0) is 37.1 Å². The molecular weight excluding hydrogens is 513 g/mol. The summed E-state index contributed by atoms with van der Waals surface area (Å²) in [5.74, 6) is -0.388. The number of unbranched alkanes of at least 4 members (excludes halogenated alkanes) is 3. The number of halogens is 2. The maximum absolute atomic E-state index is 10.7. The van der Waals surface area contributed by atoms with Gasteiger partial charge < -0.3 is 37.6 Å². The van der Waals surface area contributed by atoms with E-state index in [0.717, 1.165) is 31.4 Å². The number of aliphatic imine (C=N–C) groups is 1. The second kappa shape index (κ2) is 16.9. The highest BCUT2D eigenvalue weighted by molar-refractivity contribution is 6.30. The Labute approximate surface area is 220 Å². The molecule has 0 bridgehead atoms. The number of carbonyl (C=O) groups excluding carboxylic acids is 1. The van der Waals surface area contributed by atoms with Gasteiger partial charge in [-0.25, -0.2) is 4.79 Å². The number of nitrogens with zero attached hydrogens (tertiary/aromatic N) is 4. The van der Waals surface area contributed by atoms with Crippen LogP contribution in [0.5, 0.6) is 5.75 Å². The maximum atomic E-state index is 10.7. The smallest absolute Gasteiger partial charge is 0.426 e. The number of carboxylic acids is 1. The number of benzene rings is 1. The minimum Gasteiger partial charge on any atom is -1.00 e. The zero-order valence-corrected chi connectivity index (χ0v) is 20.8. The number of nitriles is 1. The van der Waals surface area contributed by atoms with Gasteiger partial charge in [0.05, 0.1) is 12.3 Å². The summed E-state index contributed by atoms with van der Waals surface area (Å²) in [4.78, 5) is 26.8.